The van der Waals surface area contributed by atoms with E-state index >= 15 is 0 Å². The van der Waals surface area contributed by atoms with Crippen molar-refractivity contribution >= 4 is 23.1 Å². The van der Waals surface area contributed by atoms with Crippen LogP contribution in [0, 0.1) is 10.1 Å². The summed E-state index contributed by atoms with van der Waals surface area (Å²) in [6, 6.07) is 6.08. The van der Waals surface area contributed by atoms with E-state index in [1.165, 1.54) is 19.2 Å². The van der Waals surface area contributed by atoms with Crippen molar-refractivity contribution in [1.82, 2.24) is 9.97 Å². The van der Waals surface area contributed by atoms with Gasteiger partial charge in [-0.15, -0.1) is 0 Å². The maximum Gasteiger partial charge on any atom is 0.276 e. The van der Waals surface area contributed by atoms with Crippen molar-refractivity contribution in [3.63, 3.8) is 0 Å². The zero-order valence-corrected chi connectivity index (χ0v) is 11.3. The predicted octanol–water partition coefficient (Wildman–Crippen LogP) is 2.66. The molecule has 1 N–H and O–H groups in total. The standard InChI is InChI=1S/C12H11ClN4O3/c1-20-12-4-8(2-3-14-12)7-15-11-6-9(17(18)19)5-10(13)16-11/h2-6H,7H2,1H3,(H,15,16). The van der Waals surface area contributed by atoms with Crippen LogP contribution in [0.25, 0.3) is 0 Å². The van der Waals surface area contributed by atoms with Crippen molar-refractivity contribution in [3.05, 3.63) is 51.3 Å². The molecule has 20 heavy (non-hydrogen) atoms. The highest BCUT2D eigenvalue weighted by atomic mass is 35.5. The monoisotopic (exact) mass is 294 g/mol. The number of ether oxygens (including phenoxy) is 1. The maximum atomic E-state index is 10.7. The molecule has 2 heterocycles. The van der Waals surface area contributed by atoms with Crippen molar-refractivity contribution in [3.8, 4) is 5.88 Å². The van der Waals surface area contributed by atoms with Crippen LogP contribution >= 0.6 is 11.6 Å². The molecule has 0 aromatic carbocycles. The first-order valence-corrected chi connectivity index (χ1v) is 6.01. The Morgan fingerprint density at radius 3 is 2.95 bits per heavy atom. The third-order valence-corrected chi connectivity index (χ3v) is 2.67. The highest BCUT2D eigenvalue weighted by Gasteiger charge is 2.10. The molecule has 0 amide bonds. The molecule has 0 atom stereocenters. The number of aromatic nitrogens is 2. The largest absolute Gasteiger partial charge is 0.481 e. The van der Waals surface area contributed by atoms with Gasteiger partial charge in [0.1, 0.15) is 11.0 Å². The van der Waals surface area contributed by atoms with Crippen molar-refractivity contribution in [2.24, 2.45) is 0 Å². The second-order valence-corrected chi connectivity index (χ2v) is 4.24. The Hall–Kier alpha value is -2.41. The van der Waals surface area contributed by atoms with Crippen molar-refractivity contribution < 1.29 is 9.66 Å². The molecule has 2 aromatic heterocycles. The van der Waals surface area contributed by atoms with Gasteiger partial charge >= 0.3 is 0 Å². The van der Waals surface area contributed by atoms with E-state index < -0.39 is 4.92 Å². The Morgan fingerprint density at radius 1 is 1.45 bits per heavy atom. The number of hydrogen-bond acceptors (Lipinski definition) is 6. The highest BCUT2D eigenvalue weighted by molar-refractivity contribution is 6.29. The van der Waals surface area contributed by atoms with Gasteiger partial charge < -0.3 is 10.1 Å². The molecular weight excluding hydrogens is 284 g/mol. The molecule has 0 spiro atoms. The summed E-state index contributed by atoms with van der Waals surface area (Å²) < 4.78 is 5.01. The molecule has 0 unspecified atom stereocenters. The number of rotatable bonds is 5. The predicted molar refractivity (Wildman–Crippen MR) is 74.0 cm³/mol. The summed E-state index contributed by atoms with van der Waals surface area (Å²) in [6.45, 7) is 0.420. The van der Waals surface area contributed by atoms with Gasteiger partial charge in [0.05, 0.1) is 24.2 Å². The zero-order chi connectivity index (χ0) is 14.5. The molecule has 0 fully saturated rings. The van der Waals surface area contributed by atoms with Crippen molar-refractivity contribution in [2.45, 2.75) is 6.54 Å². The fourth-order valence-corrected chi connectivity index (χ4v) is 1.75. The fourth-order valence-electron chi connectivity index (χ4n) is 1.54. The molecular formula is C12H11ClN4O3. The van der Waals surface area contributed by atoms with Gasteiger partial charge in [-0.3, -0.25) is 10.1 Å². The van der Waals surface area contributed by atoms with Gasteiger partial charge in [-0.1, -0.05) is 11.6 Å². The molecule has 0 aliphatic heterocycles. The molecule has 0 aliphatic carbocycles. The Kier molecular flexibility index (Phi) is 4.31. The molecule has 8 heteroatoms. The number of methoxy groups -OCH3 is 1. The minimum Gasteiger partial charge on any atom is -0.481 e. The Morgan fingerprint density at radius 2 is 2.25 bits per heavy atom. The second kappa shape index (κ2) is 6.16. The van der Waals surface area contributed by atoms with Crippen LogP contribution in [0.15, 0.2) is 30.5 Å². The normalized spacial score (nSPS) is 10.1. The van der Waals surface area contributed by atoms with Crippen LogP contribution in [0.1, 0.15) is 5.56 Å². The third kappa shape index (κ3) is 3.55. The summed E-state index contributed by atoms with van der Waals surface area (Å²) in [5, 5.41) is 13.8. The molecule has 104 valence electrons. The number of hydrogen-bond donors (Lipinski definition) is 1. The number of nitrogens with one attached hydrogen (secondary N) is 1. The van der Waals surface area contributed by atoms with Crippen LogP contribution in [0.4, 0.5) is 11.5 Å². The minimum atomic E-state index is -0.520. The summed E-state index contributed by atoms with van der Waals surface area (Å²) in [5.41, 5.74) is 0.793. The van der Waals surface area contributed by atoms with Crippen LogP contribution < -0.4 is 10.1 Å². The van der Waals surface area contributed by atoms with E-state index in [1.807, 2.05) is 0 Å². The molecule has 7 nitrogen and oxygen atoms in total. The SMILES string of the molecule is COc1cc(CNc2cc([N+](=O)[O-])cc(Cl)n2)ccn1. The van der Waals surface area contributed by atoms with E-state index in [1.54, 1.807) is 18.3 Å². The van der Waals surface area contributed by atoms with Crippen LogP contribution in [0.3, 0.4) is 0 Å². The van der Waals surface area contributed by atoms with Crippen LogP contribution in [-0.2, 0) is 6.54 Å². The van der Waals surface area contributed by atoms with Crippen molar-refractivity contribution in [2.75, 3.05) is 12.4 Å². The topological polar surface area (TPSA) is 90.2 Å². The first-order valence-electron chi connectivity index (χ1n) is 5.63. The Balaban J connectivity index is 2.12. The van der Waals surface area contributed by atoms with Gasteiger partial charge in [0.15, 0.2) is 0 Å². The number of anilines is 1. The first kappa shape index (κ1) is 14.0. The van der Waals surface area contributed by atoms with Gasteiger partial charge in [0.2, 0.25) is 5.88 Å². The average molecular weight is 295 g/mol. The Bertz CT molecular complexity index is 636. The van der Waals surface area contributed by atoms with E-state index in [2.05, 4.69) is 15.3 Å². The highest BCUT2D eigenvalue weighted by Crippen LogP contribution is 2.21. The summed E-state index contributed by atoms with van der Waals surface area (Å²) in [6.07, 6.45) is 1.61. The summed E-state index contributed by atoms with van der Waals surface area (Å²) in [7, 11) is 1.53. The van der Waals surface area contributed by atoms with E-state index in [9.17, 15) is 10.1 Å². The fraction of sp³-hybridized carbons (Fsp3) is 0.167. The summed E-state index contributed by atoms with van der Waals surface area (Å²) in [5.74, 6) is 0.828. The van der Waals surface area contributed by atoms with E-state index in [0.717, 1.165) is 5.56 Å². The molecule has 0 radical (unpaired) electrons. The van der Waals surface area contributed by atoms with Crippen LogP contribution in [0.5, 0.6) is 5.88 Å². The lowest BCUT2D eigenvalue weighted by molar-refractivity contribution is -0.384. The third-order valence-electron chi connectivity index (χ3n) is 2.47. The lowest BCUT2D eigenvalue weighted by atomic mass is 10.2. The van der Waals surface area contributed by atoms with Crippen molar-refractivity contribution in [1.29, 1.82) is 0 Å². The number of nitro groups is 1. The lowest BCUT2D eigenvalue weighted by Crippen LogP contribution is -2.03. The van der Waals surface area contributed by atoms with Gasteiger partial charge in [-0.25, -0.2) is 9.97 Å². The smallest absolute Gasteiger partial charge is 0.276 e. The Labute approximate surface area is 119 Å². The molecule has 2 rings (SSSR count). The summed E-state index contributed by atoms with van der Waals surface area (Å²) in [4.78, 5) is 18.2. The summed E-state index contributed by atoms with van der Waals surface area (Å²) >= 11 is 5.74. The number of nitrogens with zero attached hydrogens (tertiary/aromatic N) is 3. The minimum absolute atomic E-state index is 0.0639. The van der Waals surface area contributed by atoms with Gasteiger partial charge in [0, 0.05) is 18.8 Å². The number of halogens is 1. The molecule has 0 saturated heterocycles. The van der Waals surface area contributed by atoms with Crippen LogP contribution in [0.2, 0.25) is 5.15 Å². The first-order chi connectivity index (χ1) is 9.58. The van der Waals surface area contributed by atoms with E-state index in [-0.39, 0.29) is 10.8 Å². The zero-order valence-electron chi connectivity index (χ0n) is 10.5. The number of pyridine rings is 2. The molecule has 0 aliphatic rings. The van der Waals surface area contributed by atoms with Gasteiger partial charge in [-0.2, -0.15) is 0 Å². The van der Waals surface area contributed by atoms with Gasteiger partial charge in [0.25, 0.3) is 5.69 Å². The molecule has 0 bridgehead atoms. The van der Waals surface area contributed by atoms with E-state index in [0.29, 0.717) is 18.2 Å². The second-order valence-electron chi connectivity index (χ2n) is 3.85. The van der Waals surface area contributed by atoms with Crippen LogP contribution in [-0.4, -0.2) is 22.0 Å². The van der Waals surface area contributed by atoms with E-state index in [4.69, 9.17) is 16.3 Å². The quantitative estimate of drug-likeness (QED) is 0.518. The molecule has 2 aromatic rings. The maximum absolute atomic E-state index is 10.7. The average Bonchev–Trinajstić information content (AvgIpc) is 2.44. The molecule has 0 saturated carbocycles. The lowest BCUT2D eigenvalue weighted by Gasteiger charge is -2.07. The van der Waals surface area contributed by atoms with Gasteiger partial charge in [-0.05, 0) is 11.6 Å².